The van der Waals surface area contributed by atoms with Crippen LogP contribution in [-0.4, -0.2) is 67.6 Å². The first-order valence-electron chi connectivity index (χ1n) is 10.5. The molecule has 0 amide bonds. The number of hydrogen-bond acceptors (Lipinski definition) is 4. The lowest BCUT2D eigenvalue weighted by atomic mass is 10.1. The second-order valence-corrected chi connectivity index (χ2v) is 8.44. The molecule has 1 aromatic heterocycles. The fourth-order valence-corrected chi connectivity index (χ4v) is 4.27. The van der Waals surface area contributed by atoms with Crippen molar-refractivity contribution in [2.45, 2.75) is 58.7 Å². The zero-order valence-electron chi connectivity index (χ0n) is 18.1. The Morgan fingerprint density at radius 1 is 1.21 bits per heavy atom. The Bertz CT molecular complexity index is 626. The third-order valence-electron chi connectivity index (χ3n) is 6.05. The minimum Gasteiger partial charge on any atom is -0.465 e. The van der Waals surface area contributed by atoms with Gasteiger partial charge in [0.25, 0.3) is 0 Å². The van der Waals surface area contributed by atoms with E-state index in [2.05, 4.69) is 58.3 Å². The monoisotopic (exact) mass is 503 g/mol. The molecular weight excluding hydrogens is 465 g/mol. The molecule has 0 aliphatic carbocycles. The second kappa shape index (κ2) is 10.8. The van der Waals surface area contributed by atoms with Gasteiger partial charge in [-0.3, -0.25) is 14.8 Å². The van der Waals surface area contributed by atoms with Crippen LogP contribution in [-0.2, 0) is 0 Å². The van der Waals surface area contributed by atoms with E-state index in [1.54, 1.807) is 0 Å². The first-order valence-corrected chi connectivity index (χ1v) is 10.5. The third kappa shape index (κ3) is 5.86. The molecule has 3 rings (SSSR count). The van der Waals surface area contributed by atoms with Crippen LogP contribution >= 0.6 is 24.0 Å². The molecule has 2 N–H and O–H groups in total. The highest BCUT2D eigenvalue weighted by atomic mass is 127. The number of furan rings is 1. The average Bonchev–Trinajstić information content (AvgIpc) is 3.37. The van der Waals surface area contributed by atoms with Gasteiger partial charge in [-0.25, -0.2) is 0 Å². The second-order valence-electron chi connectivity index (χ2n) is 8.44. The van der Waals surface area contributed by atoms with Gasteiger partial charge in [-0.05, 0) is 64.8 Å². The van der Waals surface area contributed by atoms with Crippen molar-refractivity contribution in [2.24, 2.45) is 10.9 Å². The molecule has 0 bridgehead atoms. The number of guanidine groups is 1. The molecule has 0 spiro atoms. The van der Waals surface area contributed by atoms with E-state index >= 15 is 0 Å². The standard InChI is InChI=1S/C21H37N5O.HI/c1-15(2)26-13-16(3)18(14-26)24-21(22-5)23-12-19(25-10-6-7-11-25)20-9-8-17(4)27-20;/h8-9,15-16,18-19H,6-7,10-14H2,1-5H3,(H2,22,23,24);1H. The summed E-state index contributed by atoms with van der Waals surface area (Å²) in [6.45, 7) is 14.2. The molecule has 160 valence electrons. The minimum absolute atomic E-state index is 0. The van der Waals surface area contributed by atoms with E-state index in [-0.39, 0.29) is 30.0 Å². The van der Waals surface area contributed by atoms with Crippen molar-refractivity contribution in [3.8, 4) is 0 Å². The molecular formula is C21H38IN5O. The molecule has 1 aromatic rings. The van der Waals surface area contributed by atoms with Gasteiger partial charge in [0.2, 0.25) is 0 Å². The predicted molar refractivity (Wildman–Crippen MR) is 127 cm³/mol. The molecule has 0 radical (unpaired) electrons. The summed E-state index contributed by atoms with van der Waals surface area (Å²) < 4.78 is 5.97. The van der Waals surface area contributed by atoms with Gasteiger partial charge in [-0.2, -0.15) is 0 Å². The molecule has 0 aromatic carbocycles. The highest BCUT2D eigenvalue weighted by molar-refractivity contribution is 14.0. The SMILES string of the molecule is CN=C(NCC(c1ccc(C)o1)N1CCCC1)NC1CN(C(C)C)CC1C.I. The first kappa shape index (κ1) is 23.5. The van der Waals surface area contributed by atoms with Crippen molar-refractivity contribution in [3.05, 3.63) is 23.7 Å². The number of rotatable bonds is 6. The number of aryl methyl sites for hydroxylation is 1. The molecule has 7 heteroatoms. The van der Waals surface area contributed by atoms with E-state index < -0.39 is 0 Å². The maximum atomic E-state index is 5.97. The van der Waals surface area contributed by atoms with E-state index in [0.29, 0.717) is 18.0 Å². The van der Waals surface area contributed by atoms with Gasteiger partial charge in [0.05, 0.1) is 6.04 Å². The Morgan fingerprint density at radius 2 is 1.93 bits per heavy atom. The Hall–Kier alpha value is -0.800. The Labute approximate surface area is 187 Å². The van der Waals surface area contributed by atoms with Crippen LogP contribution in [0.5, 0.6) is 0 Å². The Kier molecular flexibility index (Phi) is 9.08. The fourth-order valence-electron chi connectivity index (χ4n) is 4.27. The summed E-state index contributed by atoms with van der Waals surface area (Å²) in [5, 5.41) is 7.22. The van der Waals surface area contributed by atoms with E-state index in [0.717, 1.165) is 50.2 Å². The molecule has 2 saturated heterocycles. The van der Waals surface area contributed by atoms with Gasteiger partial charge in [0.1, 0.15) is 11.5 Å². The topological polar surface area (TPSA) is 56.0 Å². The van der Waals surface area contributed by atoms with Crippen LogP contribution in [0.15, 0.2) is 21.5 Å². The van der Waals surface area contributed by atoms with Crippen LogP contribution in [0.2, 0.25) is 0 Å². The summed E-state index contributed by atoms with van der Waals surface area (Å²) in [7, 11) is 1.86. The normalized spacial score (nSPS) is 25.1. The van der Waals surface area contributed by atoms with Gasteiger partial charge >= 0.3 is 0 Å². The quantitative estimate of drug-likeness (QED) is 0.355. The smallest absolute Gasteiger partial charge is 0.191 e. The van der Waals surface area contributed by atoms with Crippen LogP contribution in [0.1, 0.15) is 51.2 Å². The highest BCUT2D eigenvalue weighted by Crippen LogP contribution is 2.26. The van der Waals surface area contributed by atoms with Crippen molar-refractivity contribution in [3.63, 3.8) is 0 Å². The molecule has 0 saturated carbocycles. The summed E-state index contributed by atoms with van der Waals surface area (Å²) in [5.74, 6) is 3.54. The number of nitrogens with zero attached hydrogens (tertiary/aromatic N) is 3. The van der Waals surface area contributed by atoms with Crippen LogP contribution in [0.4, 0.5) is 0 Å². The van der Waals surface area contributed by atoms with Gasteiger partial charge < -0.3 is 15.1 Å². The summed E-state index contributed by atoms with van der Waals surface area (Å²) in [6.07, 6.45) is 2.54. The minimum atomic E-state index is 0. The van der Waals surface area contributed by atoms with Crippen molar-refractivity contribution in [2.75, 3.05) is 39.8 Å². The third-order valence-corrected chi connectivity index (χ3v) is 6.05. The molecule has 2 aliphatic rings. The Morgan fingerprint density at radius 3 is 2.46 bits per heavy atom. The van der Waals surface area contributed by atoms with Gasteiger partial charge in [0, 0.05) is 38.8 Å². The van der Waals surface area contributed by atoms with Crippen molar-refractivity contribution >= 4 is 29.9 Å². The molecule has 2 fully saturated rings. The van der Waals surface area contributed by atoms with Gasteiger partial charge in [-0.15, -0.1) is 24.0 Å². The highest BCUT2D eigenvalue weighted by Gasteiger charge is 2.32. The van der Waals surface area contributed by atoms with Crippen LogP contribution in [0, 0.1) is 12.8 Å². The summed E-state index contributed by atoms with van der Waals surface area (Å²) >= 11 is 0. The molecule has 3 atom stereocenters. The van der Waals surface area contributed by atoms with Crippen molar-refractivity contribution < 1.29 is 4.42 Å². The fraction of sp³-hybridized carbons (Fsp3) is 0.762. The maximum absolute atomic E-state index is 5.97. The molecule has 3 unspecified atom stereocenters. The Balaban J connectivity index is 0.00000280. The zero-order chi connectivity index (χ0) is 19.4. The van der Waals surface area contributed by atoms with E-state index in [1.165, 1.54) is 12.8 Å². The van der Waals surface area contributed by atoms with Gasteiger partial charge in [-0.1, -0.05) is 6.92 Å². The zero-order valence-corrected chi connectivity index (χ0v) is 20.4. The average molecular weight is 503 g/mol. The number of likely N-dealkylation sites (tertiary alicyclic amines) is 2. The van der Waals surface area contributed by atoms with Crippen LogP contribution in [0.3, 0.4) is 0 Å². The summed E-state index contributed by atoms with van der Waals surface area (Å²) in [5.41, 5.74) is 0. The number of nitrogens with one attached hydrogen (secondary N) is 2. The first-order chi connectivity index (χ1) is 13.0. The van der Waals surface area contributed by atoms with Gasteiger partial charge in [0.15, 0.2) is 5.96 Å². The van der Waals surface area contributed by atoms with Crippen molar-refractivity contribution in [1.82, 2.24) is 20.4 Å². The summed E-state index contributed by atoms with van der Waals surface area (Å²) in [4.78, 5) is 9.54. The molecule has 2 aliphatic heterocycles. The van der Waals surface area contributed by atoms with E-state index in [9.17, 15) is 0 Å². The predicted octanol–water partition coefficient (Wildman–Crippen LogP) is 3.24. The number of aliphatic imine (C=N–C) groups is 1. The van der Waals surface area contributed by atoms with E-state index in [4.69, 9.17) is 4.42 Å². The van der Waals surface area contributed by atoms with Crippen LogP contribution in [0.25, 0.3) is 0 Å². The molecule has 28 heavy (non-hydrogen) atoms. The lowest BCUT2D eigenvalue weighted by Gasteiger charge is -2.28. The van der Waals surface area contributed by atoms with Crippen LogP contribution < -0.4 is 10.6 Å². The van der Waals surface area contributed by atoms with E-state index in [1.807, 2.05) is 14.0 Å². The number of hydrogen-bond donors (Lipinski definition) is 2. The molecule has 6 nitrogen and oxygen atoms in total. The maximum Gasteiger partial charge on any atom is 0.191 e. The van der Waals surface area contributed by atoms with Crippen molar-refractivity contribution in [1.29, 1.82) is 0 Å². The molecule has 3 heterocycles. The summed E-state index contributed by atoms with van der Waals surface area (Å²) in [6, 6.07) is 5.47. The number of halogens is 1. The largest absolute Gasteiger partial charge is 0.465 e. The lowest BCUT2D eigenvalue weighted by molar-refractivity contribution is 0.213. The lowest BCUT2D eigenvalue weighted by Crippen LogP contribution is -2.48.